The number of halogens is 1. The van der Waals surface area contributed by atoms with E-state index in [1.807, 2.05) is 31.2 Å². The van der Waals surface area contributed by atoms with Crippen molar-refractivity contribution in [2.75, 3.05) is 11.9 Å². The molecule has 0 aliphatic rings. The van der Waals surface area contributed by atoms with E-state index in [4.69, 9.17) is 4.74 Å². The maximum Gasteiger partial charge on any atom is 0.142 e. The highest BCUT2D eigenvalue weighted by atomic mass is 127. The SMILES string of the molecule is CCOc1ccccc1NC(C)c1ccc(I)cc1. The van der Waals surface area contributed by atoms with Crippen LogP contribution in [0.5, 0.6) is 5.75 Å². The Hall–Kier alpha value is -1.23. The molecule has 2 nitrogen and oxygen atoms in total. The highest BCUT2D eigenvalue weighted by molar-refractivity contribution is 14.1. The Labute approximate surface area is 128 Å². The maximum atomic E-state index is 5.63. The predicted molar refractivity (Wildman–Crippen MR) is 88.8 cm³/mol. The van der Waals surface area contributed by atoms with Gasteiger partial charge in [-0.2, -0.15) is 0 Å². The van der Waals surface area contributed by atoms with Gasteiger partial charge in [0.15, 0.2) is 0 Å². The topological polar surface area (TPSA) is 21.3 Å². The van der Waals surface area contributed by atoms with E-state index in [1.165, 1.54) is 9.13 Å². The van der Waals surface area contributed by atoms with E-state index in [1.54, 1.807) is 0 Å². The Morgan fingerprint density at radius 1 is 1.11 bits per heavy atom. The number of nitrogens with one attached hydrogen (secondary N) is 1. The molecule has 1 N–H and O–H groups in total. The summed E-state index contributed by atoms with van der Waals surface area (Å²) < 4.78 is 6.88. The lowest BCUT2D eigenvalue weighted by atomic mass is 10.1. The summed E-state index contributed by atoms with van der Waals surface area (Å²) >= 11 is 2.32. The van der Waals surface area contributed by atoms with Crippen LogP contribution < -0.4 is 10.1 Å². The molecule has 0 aliphatic carbocycles. The second-order valence-corrected chi connectivity index (χ2v) is 5.59. The van der Waals surface area contributed by atoms with Crippen LogP contribution in [0.1, 0.15) is 25.5 Å². The van der Waals surface area contributed by atoms with Crippen LogP contribution in [0.3, 0.4) is 0 Å². The predicted octanol–water partition coefficient (Wildman–Crippen LogP) is 4.86. The number of hydrogen-bond donors (Lipinski definition) is 1. The van der Waals surface area contributed by atoms with Crippen LogP contribution in [-0.4, -0.2) is 6.61 Å². The Morgan fingerprint density at radius 3 is 2.47 bits per heavy atom. The lowest BCUT2D eigenvalue weighted by molar-refractivity contribution is 0.341. The molecule has 0 fully saturated rings. The van der Waals surface area contributed by atoms with E-state index in [-0.39, 0.29) is 6.04 Å². The molecule has 0 amide bonds. The van der Waals surface area contributed by atoms with Gasteiger partial charge in [0, 0.05) is 9.61 Å². The van der Waals surface area contributed by atoms with Crippen LogP contribution in [0.15, 0.2) is 48.5 Å². The minimum absolute atomic E-state index is 0.249. The molecule has 100 valence electrons. The van der Waals surface area contributed by atoms with Crippen LogP contribution >= 0.6 is 22.6 Å². The first-order valence-corrected chi connectivity index (χ1v) is 7.52. The van der Waals surface area contributed by atoms with E-state index >= 15 is 0 Å². The highest BCUT2D eigenvalue weighted by Gasteiger charge is 2.08. The molecule has 0 saturated heterocycles. The van der Waals surface area contributed by atoms with Gasteiger partial charge < -0.3 is 10.1 Å². The van der Waals surface area contributed by atoms with Gasteiger partial charge in [0.1, 0.15) is 5.75 Å². The lowest BCUT2D eigenvalue weighted by Gasteiger charge is -2.18. The van der Waals surface area contributed by atoms with Crippen LogP contribution in [0.25, 0.3) is 0 Å². The molecule has 0 aromatic heterocycles. The largest absolute Gasteiger partial charge is 0.492 e. The molecule has 2 aromatic carbocycles. The highest BCUT2D eigenvalue weighted by Crippen LogP contribution is 2.28. The summed E-state index contributed by atoms with van der Waals surface area (Å²) in [6, 6.07) is 16.9. The summed E-state index contributed by atoms with van der Waals surface area (Å²) in [5.74, 6) is 0.905. The van der Waals surface area contributed by atoms with Crippen molar-refractivity contribution in [3.05, 3.63) is 57.7 Å². The third kappa shape index (κ3) is 3.86. The van der Waals surface area contributed by atoms with Crippen molar-refractivity contribution in [2.24, 2.45) is 0 Å². The summed E-state index contributed by atoms with van der Waals surface area (Å²) in [6.07, 6.45) is 0. The van der Waals surface area contributed by atoms with E-state index in [9.17, 15) is 0 Å². The van der Waals surface area contributed by atoms with Crippen molar-refractivity contribution in [3.8, 4) is 5.75 Å². The van der Waals surface area contributed by atoms with Gasteiger partial charge in [-0.1, -0.05) is 24.3 Å². The molecule has 0 aliphatic heterocycles. The Bertz CT molecular complexity index is 525. The van der Waals surface area contributed by atoms with Gasteiger partial charge in [0.05, 0.1) is 12.3 Å². The summed E-state index contributed by atoms with van der Waals surface area (Å²) in [5.41, 5.74) is 2.31. The molecule has 2 rings (SSSR count). The lowest BCUT2D eigenvalue weighted by Crippen LogP contribution is -2.08. The normalized spacial score (nSPS) is 11.9. The average Bonchev–Trinajstić information content (AvgIpc) is 2.42. The van der Waals surface area contributed by atoms with Crippen LogP contribution in [0.4, 0.5) is 5.69 Å². The summed E-state index contributed by atoms with van der Waals surface area (Å²) in [5, 5.41) is 3.50. The third-order valence-electron chi connectivity index (χ3n) is 2.93. The zero-order chi connectivity index (χ0) is 13.7. The molecule has 0 bridgehead atoms. The number of benzene rings is 2. The minimum Gasteiger partial charge on any atom is -0.492 e. The van der Waals surface area contributed by atoms with Gasteiger partial charge in [-0.3, -0.25) is 0 Å². The standard InChI is InChI=1S/C16H18INO/c1-3-19-16-7-5-4-6-15(16)18-12(2)13-8-10-14(17)11-9-13/h4-12,18H,3H2,1-2H3. The molecule has 19 heavy (non-hydrogen) atoms. The van der Waals surface area contributed by atoms with Crippen molar-refractivity contribution >= 4 is 28.3 Å². The number of rotatable bonds is 5. The number of ether oxygens (including phenoxy) is 1. The molecule has 3 heteroatoms. The van der Waals surface area contributed by atoms with E-state index in [0.29, 0.717) is 6.61 Å². The van der Waals surface area contributed by atoms with Crippen molar-refractivity contribution in [1.82, 2.24) is 0 Å². The fourth-order valence-corrected chi connectivity index (χ4v) is 2.29. The first-order valence-electron chi connectivity index (χ1n) is 6.44. The molecule has 1 unspecified atom stereocenters. The second kappa shape index (κ2) is 6.80. The summed E-state index contributed by atoms with van der Waals surface area (Å²) in [4.78, 5) is 0. The smallest absolute Gasteiger partial charge is 0.142 e. The van der Waals surface area contributed by atoms with Crippen LogP contribution in [0, 0.1) is 3.57 Å². The molecule has 0 heterocycles. The molecule has 0 saturated carbocycles. The first kappa shape index (κ1) is 14.2. The van der Waals surface area contributed by atoms with Crippen LogP contribution in [-0.2, 0) is 0 Å². The quantitative estimate of drug-likeness (QED) is 0.762. The third-order valence-corrected chi connectivity index (χ3v) is 3.65. The minimum atomic E-state index is 0.249. The van der Waals surface area contributed by atoms with Gasteiger partial charge >= 0.3 is 0 Å². The zero-order valence-corrected chi connectivity index (χ0v) is 13.3. The van der Waals surface area contributed by atoms with Crippen LogP contribution in [0.2, 0.25) is 0 Å². The molecular weight excluding hydrogens is 349 g/mol. The monoisotopic (exact) mass is 367 g/mol. The van der Waals surface area contributed by atoms with Crippen molar-refractivity contribution in [2.45, 2.75) is 19.9 Å². The zero-order valence-electron chi connectivity index (χ0n) is 11.2. The van der Waals surface area contributed by atoms with Gasteiger partial charge in [0.25, 0.3) is 0 Å². The van der Waals surface area contributed by atoms with Crippen molar-refractivity contribution in [3.63, 3.8) is 0 Å². The molecule has 0 radical (unpaired) electrons. The van der Waals surface area contributed by atoms with E-state index in [0.717, 1.165) is 11.4 Å². The molecule has 0 spiro atoms. The molecule has 1 atom stereocenters. The number of para-hydroxylation sites is 2. The Morgan fingerprint density at radius 2 is 1.79 bits per heavy atom. The molecule has 2 aromatic rings. The van der Waals surface area contributed by atoms with Gasteiger partial charge in [-0.25, -0.2) is 0 Å². The summed E-state index contributed by atoms with van der Waals surface area (Å²) in [7, 11) is 0. The Kier molecular flexibility index (Phi) is 5.07. The summed E-state index contributed by atoms with van der Waals surface area (Å²) in [6.45, 7) is 4.83. The number of hydrogen-bond acceptors (Lipinski definition) is 2. The van der Waals surface area contributed by atoms with E-state index < -0.39 is 0 Å². The van der Waals surface area contributed by atoms with Gasteiger partial charge in [-0.15, -0.1) is 0 Å². The second-order valence-electron chi connectivity index (χ2n) is 4.35. The van der Waals surface area contributed by atoms with E-state index in [2.05, 4.69) is 59.1 Å². The van der Waals surface area contributed by atoms with Gasteiger partial charge in [-0.05, 0) is 66.3 Å². The fourth-order valence-electron chi connectivity index (χ4n) is 1.94. The van der Waals surface area contributed by atoms with Gasteiger partial charge in [0.2, 0.25) is 0 Å². The maximum absolute atomic E-state index is 5.63. The van der Waals surface area contributed by atoms with Crippen molar-refractivity contribution in [1.29, 1.82) is 0 Å². The first-order chi connectivity index (χ1) is 9.20. The number of anilines is 1. The molecular formula is C16H18INO. The fraction of sp³-hybridized carbons (Fsp3) is 0.250. The average molecular weight is 367 g/mol. The Balaban J connectivity index is 2.14. The van der Waals surface area contributed by atoms with Crippen molar-refractivity contribution < 1.29 is 4.74 Å².